The van der Waals surface area contributed by atoms with E-state index >= 15 is 0 Å². The number of hydrogen-bond acceptors (Lipinski definition) is 3. The number of rotatable bonds is 6. The van der Waals surface area contributed by atoms with E-state index in [2.05, 4.69) is 53.0 Å². The predicted octanol–water partition coefficient (Wildman–Crippen LogP) is 3.41. The Balaban J connectivity index is 1.67. The summed E-state index contributed by atoms with van der Waals surface area (Å²) in [7, 11) is 0. The van der Waals surface area contributed by atoms with Gasteiger partial charge in [0.25, 0.3) is 0 Å². The monoisotopic (exact) mass is 301 g/mol. The molecule has 0 amide bonds. The zero-order chi connectivity index (χ0) is 14.7. The molecular weight excluding hydrogens is 278 g/mol. The van der Waals surface area contributed by atoms with Crippen molar-refractivity contribution in [1.82, 2.24) is 14.9 Å². The van der Waals surface area contributed by atoms with Gasteiger partial charge in [-0.2, -0.15) is 0 Å². The van der Waals surface area contributed by atoms with Crippen molar-refractivity contribution < 1.29 is 0 Å². The number of hydrogen-bond donors (Lipinski definition) is 1. The van der Waals surface area contributed by atoms with Crippen molar-refractivity contribution in [1.29, 1.82) is 0 Å². The Labute approximate surface area is 131 Å². The third-order valence-corrected chi connectivity index (χ3v) is 5.27. The molecule has 1 N–H and O–H groups in total. The molecule has 1 atom stereocenters. The number of nitrogens with one attached hydrogen (secondary N) is 1. The van der Waals surface area contributed by atoms with Gasteiger partial charge in [-0.1, -0.05) is 25.1 Å². The zero-order valence-corrected chi connectivity index (χ0v) is 13.6. The molecule has 0 saturated carbocycles. The second-order valence-electron chi connectivity index (χ2n) is 5.64. The van der Waals surface area contributed by atoms with Crippen LogP contribution < -0.4 is 5.32 Å². The Morgan fingerprint density at radius 1 is 1.38 bits per heavy atom. The first kappa shape index (κ1) is 14.7. The van der Waals surface area contributed by atoms with E-state index < -0.39 is 0 Å². The van der Waals surface area contributed by atoms with Gasteiger partial charge in [0.1, 0.15) is 5.82 Å². The summed E-state index contributed by atoms with van der Waals surface area (Å²) in [6.07, 6.45) is 4.35. The van der Waals surface area contributed by atoms with Crippen molar-refractivity contribution >= 4 is 11.8 Å². The maximum atomic E-state index is 4.50. The third-order valence-electron chi connectivity index (χ3n) is 3.97. The number of nitrogens with zero attached hydrogens (tertiary/aromatic N) is 2. The highest BCUT2D eigenvalue weighted by atomic mass is 32.2. The quantitative estimate of drug-likeness (QED) is 0.829. The van der Waals surface area contributed by atoms with E-state index in [1.54, 1.807) is 0 Å². The van der Waals surface area contributed by atoms with Crippen molar-refractivity contribution in [2.24, 2.45) is 0 Å². The molecule has 1 aliphatic rings. The number of aryl methyl sites for hydroxylation is 1. The maximum Gasteiger partial charge on any atom is 0.105 e. The van der Waals surface area contributed by atoms with Crippen molar-refractivity contribution in [3.63, 3.8) is 0 Å². The van der Waals surface area contributed by atoms with Crippen LogP contribution in [0.2, 0.25) is 0 Å². The van der Waals surface area contributed by atoms with Gasteiger partial charge in [-0.25, -0.2) is 4.98 Å². The lowest BCUT2D eigenvalue weighted by Gasteiger charge is -2.15. The Bertz CT molecular complexity index is 581. The molecule has 2 heterocycles. The van der Waals surface area contributed by atoms with Gasteiger partial charge in [-0.3, -0.25) is 0 Å². The minimum absolute atomic E-state index is 0.625. The summed E-state index contributed by atoms with van der Waals surface area (Å²) in [5.74, 6) is 1.12. The van der Waals surface area contributed by atoms with Crippen LogP contribution in [0.4, 0.5) is 0 Å². The molecule has 1 aromatic carbocycles. The average Bonchev–Trinajstić information content (AvgIpc) is 3.05. The molecule has 21 heavy (non-hydrogen) atoms. The van der Waals surface area contributed by atoms with E-state index in [-0.39, 0.29) is 0 Å². The molecule has 4 heteroatoms. The minimum atomic E-state index is 0.625. The Hall–Kier alpha value is -1.26. The number of aromatic nitrogens is 2. The van der Waals surface area contributed by atoms with E-state index in [1.165, 1.54) is 29.0 Å². The molecule has 3 rings (SSSR count). The summed E-state index contributed by atoms with van der Waals surface area (Å²) in [5.41, 5.74) is 2.80. The summed E-state index contributed by atoms with van der Waals surface area (Å²) < 4.78 is 2.38. The van der Waals surface area contributed by atoms with Crippen LogP contribution in [0, 0.1) is 6.92 Å². The van der Waals surface area contributed by atoms with E-state index in [9.17, 15) is 0 Å². The van der Waals surface area contributed by atoms with Crippen LogP contribution in [0.5, 0.6) is 0 Å². The molecule has 2 aromatic rings. The molecule has 3 nitrogen and oxygen atoms in total. The molecular formula is C17H23N3S. The topological polar surface area (TPSA) is 29.9 Å². The van der Waals surface area contributed by atoms with Crippen LogP contribution >= 0.6 is 11.8 Å². The van der Waals surface area contributed by atoms with Crippen LogP contribution in [0.1, 0.15) is 30.4 Å². The largest absolute Gasteiger partial charge is 0.330 e. The standard InChI is InChI=1S/C17H23N3S/c1-3-8-18-10-15-11-19-13(2)20(15)12-16-9-14-6-4-5-7-17(14)21-16/h4-7,11,16,18H,3,8-10,12H2,1-2H3. The van der Waals surface area contributed by atoms with Crippen LogP contribution in [-0.4, -0.2) is 21.3 Å². The molecule has 0 fully saturated rings. The average molecular weight is 301 g/mol. The highest BCUT2D eigenvalue weighted by Crippen LogP contribution is 2.37. The summed E-state index contributed by atoms with van der Waals surface area (Å²) in [6.45, 7) is 7.33. The van der Waals surface area contributed by atoms with E-state index in [0.717, 1.165) is 25.5 Å². The minimum Gasteiger partial charge on any atom is -0.330 e. The first-order chi connectivity index (χ1) is 10.3. The smallest absolute Gasteiger partial charge is 0.105 e. The van der Waals surface area contributed by atoms with Crippen LogP contribution in [0.25, 0.3) is 0 Å². The van der Waals surface area contributed by atoms with Gasteiger partial charge in [0.05, 0.1) is 5.69 Å². The fraction of sp³-hybridized carbons (Fsp3) is 0.471. The van der Waals surface area contributed by atoms with E-state index in [1.807, 2.05) is 18.0 Å². The highest BCUT2D eigenvalue weighted by Gasteiger charge is 2.23. The van der Waals surface area contributed by atoms with E-state index in [4.69, 9.17) is 0 Å². The van der Waals surface area contributed by atoms with Gasteiger partial charge in [-0.05, 0) is 37.9 Å². The Kier molecular flexibility index (Phi) is 4.66. The lowest BCUT2D eigenvalue weighted by Crippen LogP contribution is -2.20. The van der Waals surface area contributed by atoms with Gasteiger partial charge in [0.15, 0.2) is 0 Å². The zero-order valence-electron chi connectivity index (χ0n) is 12.8. The summed E-state index contributed by atoms with van der Waals surface area (Å²) >= 11 is 2.01. The summed E-state index contributed by atoms with van der Waals surface area (Å²) in [6, 6.07) is 8.78. The molecule has 0 aliphatic carbocycles. The molecule has 1 aromatic heterocycles. The number of benzene rings is 1. The van der Waals surface area contributed by atoms with Crippen LogP contribution in [0.15, 0.2) is 35.4 Å². The van der Waals surface area contributed by atoms with Crippen molar-refractivity contribution in [3.8, 4) is 0 Å². The first-order valence-corrected chi connectivity index (χ1v) is 8.62. The lowest BCUT2D eigenvalue weighted by atomic mass is 10.1. The predicted molar refractivity (Wildman–Crippen MR) is 88.8 cm³/mol. The van der Waals surface area contributed by atoms with Crippen molar-refractivity contribution in [2.75, 3.05) is 6.54 Å². The second-order valence-corrected chi connectivity index (χ2v) is 6.98. The van der Waals surface area contributed by atoms with Crippen LogP contribution in [0.3, 0.4) is 0 Å². The van der Waals surface area contributed by atoms with Gasteiger partial charge < -0.3 is 9.88 Å². The molecule has 1 aliphatic heterocycles. The lowest BCUT2D eigenvalue weighted by molar-refractivity contribution is 0.583. The summed E-state index contributed by atoms with van der Waals surface area (Å²) in [5, 5.41) is 4.10. The van der Waals surface area contributed by atoms with Crippen LogP contribution in [-0.2, 0) is 19.5 Å². The van der Waals surface area contributed by atoms with E-state index in [0.29, 0.717) is 5.25 Å². The molecule has 1 unspecified atom stereocenters. The number of imidazole rings is 1. The Morgan fingerprint density at radius 2 is 2.24 bits per heavy atom. The van der Waals surface area contributed by atoms with Gasteiger partial charge >= 0.3 is 0 Å². The molecule has 0 saturated heterocycles. The molecule has 0 bridgehead atoms. The van der Waals surface area contributed by atoms with Gasteiger partial charge in [0, 0.05) is 29.4 Å². The molecule has 0 radical (unpaired) electrons. The van der Waals surface area contributed by atoms with Crippen molar-refractivity contribution in [2.45, 2.75) is 49.9 Å². The van der Waals surface area contributed by atoms with Crippen molar-refractivity contribution in [3.05, 3.63) is 47.5 Å². The highest BCUT2D eigenvalue weighted by molar-refractivity contribution is 8.00. The molecule has 112 valence electrons. The van der Waals surface area contributed by atoms with Gasteiger partial charge in [-0.15, -0.1) is 11.8 Å². The fourth-order valence-corrected chi connectivity index (χ4v) is 4.16. The van der Waals surface area contributed by atoms with Gasteiger partial charge in [0.2, 0.25) is 0 Å². The summed E-state index contributed by atoms with van der Waals surface area (Å²) in [4.78, 5) is 5.95. The SMILES string of the molecule is CCCNCc1cnc(C)n1CC1Cc2ccccc2S1. The Morgan fingerprint density at radius 3 is 3.05 bits per heavy atom. The third kappa shape index (κ3) is 3.33. The first-order valence-electron chi connectivity index (χ1n) is 7.74. The number of thioether (sulfide) groups is 1. The normalized spacial score (nSPS) is 17.1. The number of fused-ring (bicyclic) bond motifs is 1. The second kappa shape index (κ2) is 6.67. The molecule has 0 spiro atoms. The fourth-order valence-electron chi connectivity index (χ4n) is 2.86. The maximum absolute atomic E-state index is 4.50.